The monoisotopic (exact) mass is 425 g/mol. The third-order valence-electron chi connectivity index (χ3n) is 4.80. The fraction of sp³-hybridized carbons (Fsp3) is 0.208. The molecular formula is C24H24ClNO4. The molecule has 0 amide bonds. The summed E-state index contributed by atoms with van der Waals surface area (Å²) in [7, 11) is 4.74. The van der Waals surface area contributed by atoms with E-state index in [0.29, 0.717) is 22.1 Å². The number of halogens is 1. The highest BCUT2D eigenvalue weighted by Crippen LogP contribution is 2.31. The molecule has 0 aromatic heterocycles. The van der Waals surface area contributed by atoms with Crippen LogP contribution in [0.4, 0.5) is 5.69 Å². The number of Topliss-reactive ketones (excluding diaryl/α,β-unsaturated/α-hetero) is 1. The van der Waals surface area contributed by atoms with Crippen molar-refractivity contribution in [3.8, 4) is 17.2 Å². The third kappa shape index (κ3) is 5.24. The van der Waals surface area contributed by atoms with Crippen molar-refractivity contribution in [3.63, 3.8) is 0 Å². The van der Waals surface area contributed by atoms with E-state index in [1.807, 2.05) is 48.5 Å². The standard InChI is InChI=1S/C24H24ClNO4/c1-28-20-11-4-16(5-12-20)21(26-19-9-7-18(25)8-10-19)15-22(27)17-6-13-23(29-2)24(14-17)30-3/h4-14,21,26H,15H2,1-3H3. The summed E-state index contributed by atoms with van der Waals surface area (Å²) in [6, 6.07) is 20.0. The Morgan fingerprint density at radius 2 is 1.53 bits per heavy atom. The van der Waals surface area contributed by atoms with Crippen LogP contribution in [0.15, 0.2) is 66.7 Å². The topological polar surface area (TPSA) is 56.8 Å². The van der Waals surface area contributed by atoms with E-state index in [4.69, 9.17) is 25.8 Å². The number of methoxy groups -OCH3 is 3. The lowest BCUT2D eigenvalue weighted by Crippen LogP contribution is -2.16. The first-order valence-corrected chi connectivity index (χ1v) is 9.83. The molecule has 0 aliphatic rings. The van der Waals surface area contributed by atoms with Crippen LogP contribution >= 0.6 is 11.6 Å². The van der Waals surface area contributed by atoms with Gasteiger partial charge in [-0.1, -0.05) is 23.7 Å². The second kappa shape index (κ2) is 10.0. The molecule has 0 spiro atoms. The minimum Gasteiger partial charge on any atom is -0.497 e. The molecular weight excluding hydrogens is 402 g/mol. The van der Waals surface area contributed by atoms with E-state index in [-0.39, 0.29) is 18.2 Å². The molecule has 5 nitrogen and oxygen atoms in total. The number of nitrogens with one attached hydrogen (secondary N) is 1. The van der Waals surface area contributed by atoms with E-state index in [0.717, 1.165) is 17.0 Å². The fourth-order valence-electron chi connectivity index (χ4n) is 3.15. The zero-order valence-corrected chi connectivity index (χ0v) is 17.9. The Labute approximate surface area is 181 Å². The van der Waals surface area contributed by atoms with Gasteiger partial charge < -0.3 is 19.5 Å². The number of ketones is 1. The average molecular weight is 426 g/mol. The van der Waals surface area contributed by atoms with Crippen molar-refractivity contribution >= 4 is 23.1 Å². The van der Waals surface area contributed by atoms with Crippen LogP contribution in [0.2, 0.25) is 5.02 Å². The van der Waals surface area contributed by atoms with Crippen LogP contribution in [0.25, 0.3) is 0 Å². The summed E-state index contributed by atoms with van der Waals surface area (Å²) in [5.74, 6) is 1.85. The summed E-state index contributed by atoms with van der Waals surface area (Å²) in [4.78, 5) is 13.1. The number of hydrogen-bond donors (Lipinski definition) is 1. The summed E-state index contributed by atoms with van der Waals surface area (Å²) < 4.78 is 15.8. The van der Waals surface area contributed by atoms with Crippen LogP contribution in [0, 0.1) is 0 Å². The van der Waals surface area contributed by atoms with Crippen LogP contribution in [0.3, 0.4) is 0 Å². The van der Waals surface area contributed by atoms with Crippen molar-refractivity contribution in [1.29, 1.82) is 0 Å². The molecule has 3 rings (SSSR count). The first-order chi connectivity index (χ1) is 14.5. The molecule has 156 valence electrons. The summed E-state index contributed by atoms with van der Waals surface area (Å²) in [5, 5.41) is 4.09. The second-order valence-electron chi connectivity index (χ2n) is 6.67. The molecule has 0 radical (unpaired) electrons. The third-order valence-corrected chi connectivity index (χ3v) is 5.05. The molecule has 1 atom stereocenters. The summed E-state index contributed by atoms with van der Waals surface area (Å²) in [5.41, 5.74) is 2.41. The number of carbonyl (C=O) groups is 1. The Morgan fingerprint density at radius 1 is 0.867 bits per heavy atom. The van der Waals surface area contributed by atoms with Gasteiger partial charge in [0.15, 0.2) is 17.3 Å². The van der Waals surface area contributed by atoms with E-state index in [1.165, 1.54) is 0 Å². The van der Waals surface area contributed by atoms with Gasteiger partial charge >= 0.3 is 0 Å². The van der Waals surface area contributed by atoms with Crippen molar-refractivity contribution in [3.05, 3.63) is 82.9 Å². The Bertz CT molecular complexity index is 987. The van der Waals surface area contributed by atoms with Crippen molar-refractivity contribution in [2.75, 3.05) is 26.6 Å². The largest absolute Gasteiger partial charge is 0.497 e. The molecule has 0 aliphatic carbocycles. The smallest absolute Gasteiger partial charge is 0.165 e. The molecule has 1 unspecified atom stereocenters. The Kier molecular flexibility index (Phi) is 7.20. The van der Waals surface area contributed by atoms with Gasteiger partial charge in [-0.3, -0.25) is 4.79 Å². The lowest BCUT2D eigenvalue weighted by molar-refractivity contribution is 0.0976. The predicted octanol–water partition coefficient (Wildman–Crippen LogP) is 5.79. The highest BCUT2D eigenvalue weighted by Gasteiger charge is 2.19. The number of ether oxygens (including phenoxy) is 3. The van der Waals surface area contributed by atoms with E-state index in [1.54, 1.807) is 39.5 Å². The maximum Gasteiger partial charge on any atom is 0.165 e. The molecule has 0 saturated heterocycles. The van der Waals surface area contributed by atoms with Crippen LogP contribution in [0.1, 0.15) is 28.4 Å². The lowest BCUT2D eigenvalue weighted by Gasteiger charge is -2.21. The van der Waals surface area contributed by atoms with Gasteiger partial charge in [0, 0.05) is 22.7 Å². The van der Waals surface area contributed by atoms with Crippen molar-refractivity contribution in [2.45, 2.75) is 12.5 Å². The molecule has 1 N–H and O–H groups in total. The second-order valence-corrected chi connectivity index (χ2v) is 7.11. The highest BCUT2D eigenvalue weighted by molar-refractivity contribution is 6.30. The predicted molar refractivity (Wildman–Crippen MR) is 119 cm³/mol. The van der Waals surface area contributed by atoms with E-state index in [2.05, 4.69) is 5.32 Å². The Hall–Kier alpha value is -3.18. The Morgan fingerprint density at radius 3 is 2.13 bits per heavy atom. The molecule has 30 heavy (non-hydrogen) atoms. The van der Waals surface area contributed by atoms with Gasteiger partial charge in [-0.2, -0.15) is 0 Å². The van der Waals surface area contributed by atoms with Crippen molar-refractivity contribution in [1.82, 2.24) is 0 Å². The van der Waals surface area contributed by atoms with Crippen molar-refractivity contribution in [2.24, 2.45) is 0 Å². The number of carbonyl (C=O) groups excluding carboxylic acids is 1. The molecule has 0 fully saturated rings. The van der Waals surface area contributed by atoms with E-state index < -0.39 is 0 Å². The molecule has 3 aromatic rings. The molecule has 3 aromatic carbocycles. The van der Waals surface area contributed by atoms with E-state index >= 15 is 0 Å². The van der Waals surface area contributed by atoms with Crippen LogP contribution in [0.5, 0.6) is 17.2 Å². The van der Waals surface area contributed by atoms with Gasteiger partial charge in [0.25, 0.3) is 0 Å². The zero-order valence-electron chi connectivity index (χ0n) is 17.1. The molecule has 0 heterocycles. The van der Waals surface area contributed by atoms with Crippen LogP contribution < -0.4 is 19.5 Å². The fourth-order valence-corrected chi connectivity index (χ4v) is 3.27. The molecule has 0 bridgehead atoms. The molecule has 6 heteroatoms. The van der Waals surface area contributed by atoms with E-state index in [9.17, 15) is 4.79 Å². The van der Waals surface area contributed by atoms with Gasteiger partial charge in [0.05, 0.1) is 27.4 Å². The number of hydrogen-bond acceptors (Lipinski definition) is 5. The first kappa shape index (κ1) is 21.5. The molecule has 0 saturated carbocycles. The van der Waals surface area contributed by atoms with Gasteiger partial charge in [-0.05, 0) is 60.2 Å². The first-order valence-electron chi connectivity index (χ1n) is 9.45. The van der Waals surface area contributed by atoms with Gasteiger partial charge in [-0.25, -0.2) is 0 Å². The molecule has 0 aliphatic heterocycles. The number of benzene rings is 3. The zero-order chi connectivity index (χ0) is 21.5. The number of rotatable bonds is 9. The quantitative estimate of drug-likeness (QED) is 0.439. The lowest BCUT2D eigenvalue weighted by atomic mass is 9.97. The van der Waals surface area contributed by atoms with Crippen LogP contribution in [-0.4, -0.2) is 27.1 Å². The average Bonchev–Trinajstić information content (AvgIpc) is 2.79. The normalized spacial score (nSPS) is 11.5. The number of anilines is 1. The van der Waals surface area contributed by atoms with Crippen LogP contribution in [-0.2, 0) is 0 Å². The summed E-state index contributed by atoms with van der Waals surface area (Å²) in [6.45, 7) is 0. The summed E-state index contributed by atoms with van der Waals surface area (Å²) in [6.07, 6.45) is 0.254. The van der Waals surface area contributed by atoms with Crippen molar-refractivity contribution < 1.29 is 19.0 Å². The SMILES string of the molecule is COc1ccc(C(CC(=O)c2ccc(OC)c(OC)c2)Nc2ccc(Cl)cc2)cc1. The highest BCUT2D eigenvalue weighted by atomic mass is 35.5. The maximum absolute atomic E-state index is 13.1. The maximum atomic E-state index is 13.1. The van der Waals surface area contributed by atoms with Gasteiger partial charge in [0.1, 0.15) is 5.75 Å². The van der Waals surface area contributed by atoms with Gasteiger partial charge in [0.2, 0.25) is 0 Å². The minimum absolute atomic E-state index is 0.0155. The Balaban J connectivity index is 1.87. The van der Waals surface area contributed by atoms with Gasteiger partial charge in [-0.15, -0.1) is 0 Å². The summed E-state index contributed by atoms with van der Waals surface area (Å²) >= 11 is 6.00. The minimum atomic E-state index is -0.238.